The molecule has 0 radical (unpaired) electrons. The average Bonchev–Trinajstić information content (AvgIpc) is 3.00. The monoisotopic (exact) mass is 355 g/mol. The van der Waals surface area contributed by atoms with E-state index >= 15 is 0 Å². The summed E-state index contributed by atoms with van der Waals surface area (Å²) in [5.41, 5.74) is 0. The molecule has 0 aliphatic carbocycles. The second-order valence-electron chi connectivity index (χ2n) is 6.55. The molecular formula is C18H21N5OS. The maximum absolute atomic E-state index is 12.8. The van der Waals surface area contributed by atoms with Gasteiger partial charge < -0.3 is 9.80 Å². The third kappa shape index (κ3) is 3.76. The van der Waals surface area contributed by atoms with Crippen LogP contribution in [-0.2, 0) is 4.79 Å². The fourth-order valence-electron chi connectivity index (χ4n) is 3.66. The molecule has 130 valence electrons. The van der Waals surface area contributed by atoms with Gasteiger partial charge in [-0.25, -0.2) is 15.0 Å². The first-order valence-corrected chi connectivity index (χ1v) is 9.63. The lowest BCUT2D eigenvalue weighted by Gasteiger charge is -2.36. The normalized spacial score (nSPS) is 22.7. The van der Waals surface area contributed by atoms with E-state index in [0.29, 0.717) is 11.7 Å². The summed E-state index contributed by atoms with van der Waals surface area (Å²) in [7, 11) is 0. The largest absolute Gasteiger partial charge is 0.338 e. The number of hydrogen-bond acceptors (Lipinski definition) is 6. The number of hydrogen-bond donors (Lipinski definition) is 0. The van der Waals surface area contributed by atoms with Crippen molar-refractivity contribution >= 4 is 23.6 Å². The van der Waals surface area contributed by atoms with Gasteiger partial charge in [0, 0.05) is 44.3 Å². The standard InChI is InChI=1S/C18H21N5OS/c24-17(13-25-16-4-1-2-7-19-16)23-11-14-5-6-15(23)12-22(10-14)18-20-8-3-9-21-18/h1-4,7-9,14-15H,5-6,10-13H2/t14-,15+/m0/s1. The summed E-state index contributed by atoms with van der Waals surface area (Å²) in [6.07, 6.45) is 7.56. The zero-order chi connectivity index (χ0) is 17.1. The van der Waals surface area contributed by atoms with E-state index in [0.717, 1.165) is 37.0 Å². The Morgan fingerprint density at radius 1 is 1.04 bits per heavy atom. The van der Waals surface area contributed by atoms with Crippen molar-refractivity contribution in [2.75, 3.05) is 30.3 Å². The first-order valence-electron chi connectivity index (χ1n) is 8.65. The zero-order valence-electron chi connectivity index (χ0n) is 14.0. The number of amides is 1. The van der Waals surface area contributed by atoms with Crippen molar-refractivity contribution in [2.45, 2.75) is 23.9 Å². The predicted molar refractivity (Wildman–Crippen MR) is 97.4 cm³/mol. The number of nitrogens with zero attached hydrogens (tertiary/aromatic N) is 5. The number of carbonyl (C=O) groups excluding carboxylic acids is 1. The second-order valence-corrected chi connectivity index (χ2v) is 7.55. The van der Waals surface area contributed by atoms with Gasteiger partial charge >= 0.3 is 0 Å². The summed E-state index contributed by atoms with van der Waals surface area (Å²) < 4.78 is 0. The van der Waals surface area contributed by atoms with Gasteiger partial charge in [0.15, 0.2) is 0 Å². The van der Waals surface area contributed by atoms with Crippen LogP contribution >= 0.6 is 11.8 Å². The van der Waals surface area contributed by atoms with Gasteiger partial charge in [-0.2, -0.15) is 0 Å². The van der Waals surface area contributed by atoms with Crippen LogP contribution in [0.4, 0.5) is 5.95 Å². The van der Waals surface area contributed by atoms with Gasteiger partial charge in [0.1, 0.15) is 0 Å². The van der Waals surface area contributed by atoms with Gasteiger partial charge in [0.25, 0.3) is 0 Å². The molecule has 1 amide bonds. The number of carbonyl (C=O) groups is 1. The van der Waals surface area contributed by atoms with E-state index in [1.54, 1.807) is 18.6 Å². The number of rotatable bonds is 4. The van der Waals surface area contributed by atoms with E-state index in [2.05, 4.69) is 24.8 Å². The van der Waals surface area contributed by atoms with Crippen molar-refractivity contribution in [1.29, 1.82) is 0 Å². The highest BCUT2D eigenvalue weighted by Gasteiger charge is 2.37. The quantitative estimate of drug-likeness (QED) is 0.783. The Morgan fingerprint density at radius 3 is 2.68 bits per heavy atom. The molecule has 2 atom stereocenters. The molecule has 5 heterocycles. The molecule has 2 aromatic heterocycles. The van der Waals surface area contributed by atoms with E-state index in [-0.39, 0.29) is 11.9 Å². The Balaban J connectivity index is 1.42. The minimum absolute atomic E-state index is 0.209. The van der Waals surface area contributed by atoms with Crippen molar-refractivity contribution in [3.63, 3.8) is 0 Å². The van der Waals surface area contributed by atoms with Gasteiger partial charge in [0.2, 0.25) is 11.9 Å². The fourth-order valence-corrected chi connectivity index (χ4v) is 4.40. The first kappa shape index (κ1) is 16.3. The van der Waals surface area contributed by atoms with Crippen molar-refractivity contribution < 1.29 is 4.79 Å². The van der Waals surface area contributed by atoms with E-state index in [4.69, 9.17) is 0 Å². The van der Waals surface area contributed by atoms with E-state index < -0.39 is 0 Å². The number of anilines is 1. The van der Waals surface area contributed by atoms with E-state index in [1.807, 2.05) is 24.3 Å². The lowest BCUT2D eigenvalue weighted by Crippen LogP contribution is -2.48. The van der Waals surface area contributed by atoms with Crippen LogP contribution in [0.3, 0.4) is 0 Å². The van der Waals surface area contributed by atoms with Crippen LogP contribution in [0.15, 0.2) is 47.9 Å². The third-order valence-electron chi connectivity index (χ3n) is 4.85. The Morgan fingerprint density at radius 2 is 1.88 bits per heavy atom. The Hall–Kier alpha value is -2.15. The summed E-state index contributed by atoms with van der Waals surface area (Å²) >= 11 is 1.51. The minimum Gasteiger partial charge on any atom is -0.338 e. The van der Waals surface area contributed by atoms with E-state index in [1.165, 1.54) is 18.2 Å². The maximum atomic E-state index is 12.8. The fraction of sp³-hybridized carbons (Fsp3) is 0.444. The lowest BCUT2D eigenvalue weighted by atomic mass is 9.95. The second kappa shape index (κ2) is 7.39. The van der Waals surface area contributed by atoms with Gasteiger partial charge in [-0.1, -0.05) is 17.8 Å². The van der Waals surface area contributed by atoms with Crippen molar-refractivity contribution in [3.05, 3.63) is 42.9 Å². The van der Waals surface area contributed by atoms with Crippen LogP contribution in [0.5, 0.6) is 0 Å². The van der Waals surface area contributed by atoms with Crippen LogP contribution in [-0.4, -0.2) is 57.2 Å². The number of thioether (sulfide) groups is 1. The van der Waals surface area contributed by atoms with Crippen LogP contribution in [0, 0.1) is 5.92 Å². The third-order valence-corrected chi connectivity index (χ3v) is 5.78. The summed E-state index contributed by atoms with van der Waals surface area (Å²) in [4.78, 5) is 30.2. The minimum atomic E-state index is 0.209. The highest BCUT2D eigenvalue weighted by atomic mass is 32.2. The van der Waals surface area contributed by atoms with Crippen LogP contribution in [0.25, 0.3) is 0 Å². The maximum Gasteiger partial charge on any atom is 0.233 e. The molecule has 0 N–H and O–H groups in total. The molecular weight excluding hydrogens is 334 g/mol. The van der Waals surface area contributed by atoms with Crippen molar-refractivity contribution in [1.82, 2.24) is 19.9 Å². The molecule has 0 aromatic carbocycles. The first-order chi connectivity index (χ1) is 12.3. The zero-order valence-corrected chi connectivity index (χ0v) is 14.8. The molecule has 6 nitrogen and oxygen atoms in total. The van der Waals surface area contributed by atoms with Gasteiger partial charge in [-0.05, 0) is 37.0 Å². The predicted octanol–water partition coefficient (Wildman–Crippen LogP) is 2.09. The van der Waals surface area contributed by atoms with Crippen LogP contribution in [0.2, 0.25) is 0 Å². The molecule has 0 spiro atoms. The van der Waals surface area contributed by atoms with E-state index in [9.17, 15) is 4.79 Å². The molecule has 5 rings (SSSR count). The molecule has 2 bridgehead atoms. The number of pyridine rings is 1. The van der Waals surface area contributed by atoms with Crippen LogP contribution < -0.4 is 4.90 Å². The molecule has 0 saturated carbocycles. The Labute approximate surface area is 151 Å². The number of piperidine rings is 1. The van der Waals surface area contributed by atoms with Gasteiger partial charge in [-0.15, -0.1) is 0 Å². The number of fused-ring (bicyclic) bond motifs is 4. The molecule has 3 saturated heterocycles. The summed E-state index contributed by atoms with van der Waals surface area (Å²) in [6.45, 7) is 2.59. The number of aromatic nitrogens is 3. The molecule has 7 heteroatoms. The SMILES string of the molecule is O=C(CSc1ccccn1)N1C[C@H]2CC[C@@H]1CN(c1ncccn1)C2. The van der Waals surface area contributed by atoms with Crippen molar-refractivity contribution in [2.24, 2.45) is 5.92 Å². The lowest BCUT2D eigenvalue weighted by molar-refractivity contribution is -0.132. The molecule has 3 aliphatic rings. The highest BCUT2D eigenvalue weighted by Crippen LogP contribution is 2.30. The summed E-state index contributed by atoms with van der Waals surface area (Å²) in [5, 5.41) is 0.898. The molecule has 25 heavy (non-hydrogen) atoms. The average molecular weight is 355 g/mol. The molecule has 0 unspecified atom stereocenters. The smallest absolute Gasteiger partial charge is 0.233 e. The Kier molecular flexibility index (Phi) is 4.83. The molecule has 3 aliphatic heterocycles. The highest BCUT2D eigenvalue weighted by molar-refractivity contribution is 7.99. The van der Waals surface area contributed by atoms with Gasteiger partial charge in [0.05, 0.1) is 10.8 Å². The molecule has 2 aromatic rings. The summed E-state index contributed by atoms with van der Waals surface area (Å²) in [6, 6.07) is 7.87. The Bertz CT molecular complexity index is 714. The van der Waals surface area contributed by atoms with Crippen LogP contribution in [0.1, 0.15) is 12.8 Å². The molecule has 3 fully saturated rings. The van der Waals surface area contributed by atoms with Crippen molar-refractivity contribution in [3.8, 4) is 0 Å². The summed E-state index contributed by atoms with van der Waals surface area (Å²) in [5.74, 6) is 1.92. The topological polar surface area (TPSA) is 62.2 Å². The van der Waals surface area contributed by atoms with Gasteiger partial charge in [-0.3, -0.25) is 4.79 Å².